The smallest absolute Gasteiger partial charge is 0.326 e. The minimum atomic E-state index is -1.22. The number of hydrogen-bond donors (Lipinski definition) is 4. The molecule has 1 atom stereocenters. The Morgan fingerprint density at radius 3 is 2.71 bits per heavy atom. The van der Waals surface area contributed by atoms with E-state index in [1.54, 1.807) is 0 Å². The molecule has 1 aromatic rings. The maximum Gasteiger partial charge on any atom is 0.326 e. The van der Waals surface area contributed by atoms with Gasteiger partial charge in [0.1, 0.15) is 6.04 Å². The van der Waals surface area contributed by atoms with E-state index in [4.69, 9.17) is 10.8 Å². The highest BCUT2D eigenvalue weighted by Crippen LogP contribution is 2.00. The first-order chi connectivity index (χ1) is 8.00. The van der Waals surface area contributed by atoms with Crippen LogP contribution in [0.25, 0.3) is 0 Å². The molecule has 8 heteroatoms. The summed E-state index contributed by atoms with van der Waals surface area (Å²) in [6.45, 7) is 0. The molecule has 0 bridgehead atoms. The molecule has 0 aliphatic rings. The maximum atomic E-state index is 11.5. The molecule has 0 aliphatic heterocycles. The van der Waals surface area contributed by atoms with E-state index in [9.17, 15) is 14.4 Å². The van der Waals surface area contributed by atoms with Gasteiger partial charge in [-0.05, 0) is 6.42 Å². The van der Waals surface area contributed by atoms with E-state index in [-0.39, 0.29) is 18.4 Å². The lowest BCUT2D eigenvalue weighted by molar-refractivity contribution is -0.139. The van der Waals surface area contributed by atoms with Crippen molar-refractivity contribution in [3.63, 3.8) is 0 Å². The fourth-order valence-electron chi connectivity index (χ4n) is 1.16. The highest BCUT2D eigenvalue weighted by molar-refractivity contribution is 5.96. The van der Waals surface area contributed by atoms with E-state index < -0.39 is 23.8 Å². The normalized spacial score (nSPS) is 11.8. The van der Waals surface area contributed by atoms with Gasteiger partial charge in [0.15, 0.2) is 0 Å². The van der Waals surface area contributed by atoms with Crippen molar-refractivity contribution in [1.29, 1.82) is 0 Å². The number of carboxylic acids is 1. The predicted molar refractivity (Wildman–Crippen MR) is 55.9 cm³/mol. The van der Waals surface area contributed by atoms with Crippen LogP contribution in [-0.2, 0) is 9.59 Å². The van der Waals surface area contributed by atoms with Gasteiger partial charge in [-0.15, -0.1) is 0 Å². The molecule has 5 N–H and O–H groups in total. The number of aromatic amines is 1. The zero-order valence-corrected chi connectivity index (χ0v) is 8.84. The Labute approximate surface area is 96.2 Å². The second-order valence-corrected chi connectivity index (χ2v) is 3.36. The lowest BCUT2D eigenvalue weighted by atomic mass is 10.1. The number of nitrogens with zero attached hydrogens (tertiary/aromatic N) is 1. The van der Waals surface area contributed by atoms with Gasteiger partial charge in [-0.25, -0.2) is 4.79 Å². The third-order valence-corrected chi connectivity index (χ3v) is 2.04. The summed E-state index contributed by atoms with van der Waals surface area (Å²) < 4.78 is 0. The number of hydrogen-bond acceptors (Lipinski definition) is 4. The van der Waals surface area contributed by atoms with Gasteiger partial charge in [-0.2, -0.15) is 5.10 Å². The Balaban J connectivity index is 2.58. The molecule has 92 valence electrons. The molecule has 0 saturated carbocycles. The SMILES string of the molecule is NC(=O)CCC(NC(=O)c1cn[nH]c1)C(=O)O. The average Bonchev–Trinajstić information content (AvgIpc) is 2.76. The van der Waals surface area contributed by atoms with E-state index in [0.29, 0.717) is 0 Å². The van der Waals surface area contributed by atoms with Crippen LogP contribution in [-0.4, -0.2) is 39.1 Å². The number of nitrogens with two attached hydrogens (primary N) is 1. The molecular formula is C9H12N4O4. The number of carbonyl (C=O) groups is 3. The highest BCUT2D eigenvalue weighted by atomic mass is 16.4. The van der Waals surface area contributed by atoms with Crippen LogP contribution in [0.1, 0.15) is 23.2 Å². The minimum Gasteiger partial charge on any atom is -0.480 e. The molecule has 8 nitrogen and oxygen atoms in total. The predicted octanol–water partition coefficient (Wildman–Crippen LogP) is -1.14. The van der Waals surface area contributed by atoms with E-state index >= 15 is 0 Å². The van der Waals surface area contributed by atoms with Gasteiger partial charge in [-0.1, -0.05) is 0 Å². The van der Waals surface area contributed by atoms with Crippen LogP contribution in [0, 0.1) is 0 Å². The van der Waals surface area contributed by atoms with Crippen molar-refractivity contribution in [3.05, 3.63) is 18.0 Å². The van der Waals surface area contributed by atoms with Crippen molar-refractivity contribution in [2.75, 3.05) is 0 Å². The Hall–Kier alpha value is -2.38. The maximum absolute atomic E-state index is 11.5. The molecule has 1 heterocycles. The number of primary amides is 1. The molecule has 0 radical (unpaired) electrons. The van der Waals surface area contributed by atoms with E-state index in [1.165, 1.54) is 12.4 Å². The van der Waals surface area contributed by atoms with Crippen LogP contribution in [0.5, 0.6) is 0 Å². The Morgan fingerprint density at radius 1 is 1.53 bits per heavy atom. The second kappa shape index (κ2) is 5.64. The molecule has 1 unspecified atom stereocenters. The molecule has 0 saturated heterocycles. The zero-order chi connectivity index (χ0) is 12.8. The number of amides is 2. The second-order valence-electron chi connectivity index (χ2n) is 3.36. The molecule has 1 rings (SSSR count). The van der Waals surface area contributed by atoms with Gasteiger partial charge >= 0.3 is 5.97 Å². The molecule has 0 spiro atoms. The van der Waals surface area contributed by atoms with Crippen LogP contribution >= 0.6 is 0 Å². The highest BCUT2D eigenvalue weighted by Gasteiger charge is 2.21. The molecule has 2 amide bonds. The molecule has 0 fully saturated rings. The van der Waals surface area contributed by atoms with Crippen LogP contribution in [0.15, 0.2) is 12.4 Å². The summed E-state index contributed by atoms with van der Waals surface area (Å²) in [7, 11) is 0. The fourth-order valence-corrected chi connectivity index (χ4v) is 1.16. The van der Waals surface area contributed by atoms with Crippen LogP contribution < -0.4 is 11.1 Å². The summed E-state index contributed by atoms with van der Waals surface area (Å²) in [6.07, 6.45) is 2.45. The van der Waals surface area contributed by atoms with Crippen molar-refractivity contribution in [2.24, 2.45) is 5.73 Å². The molecule has 1 aromatic heterocycles. The van der Waals surface area contributed by atoms with Gasteiger partial charge in [0.25, 0.3) is 5.91 Å². The van der Waals surface area contributed by atoms with Gasteiger partial charge in [0.2, 0.25) is 5.91 Å². The number of H-pyrrole nitrogens is 1. The number of aromatic nitrogens is 2. The monoisotopic (exact) mass is 240 g/mol. The van der Waals surface area contributed by atoms with Gasteiger partial charge < -0.3 is 16.2 Å². The van der Waals surface area contributed by atoms with Crippen LogP contribution in [0.3, 0.4) is 0 Å². The number of carboxylic acid groups (broad SMARTS) is 1. The topological polar surface area (TPSA) is 138 Å². The van der Waals surface area contributed by atoms with Gasteiger partial charge in [0.05, 0.1) is 11.8 Å². The van der Waals surface area contributed by atoms with Gasteiger partial charge in [0, 0.05) is 12.6 Å². The summed E-state index contributed by atoms with van der Waals surface area (Å²) in [5.41, 5.74) is 5.12. The Bertz CT molecular complexity index is 415. The van der Waals surface area contributed by atoms with Crippen molar-refractivity contribution in [2.45, 2.75) is 18.9 Å². The zero-order valence-electron chi connectivity index (χ0n) is 8.84. The van der Waals surface area contributed by atoms with E-state index in [0.717, 1.165) is 0 Å². The standard InChI is InChI=1S/C9H12N4O4/c10-7(14)2-1-6(9(16)17)13-8(15)5-3-11-12-4-5/h3-4,6H,1-2H2,(H2,10,14)(H,11,12)(H,13,15)(H,16,17). The summed E-state index contributed by atoms with van der Waals surface area (Å²) in [4.78, 5) is 32.9. The number of carbonyl (C=O) groups excluding carboxylic acids is 2. The van der Waals surface area contributed by atoms with Crippen molar-refractivity contribution in [3.8, 4) is 0 Å². The fraction of sp³-hybridized carbons (Fsp3) is 0.333. The lowest BCUT2D eigenvalue weighted by Crippen LogP contribution is -2.41. The summed E-state index contributed by atoms with van der Waals surface area (Å²) in [5, 5.41) is 17.1. The third kappa shape index (κ3) is 3.93. The molecule has 17 heavy (non-hydrogen) atoms. The quantitative estimate of drug-likeness (QED) is 0.497. The van der Waals surface area contributed by atoms with Crippen LogP contribution in [0.2, 0.25) is 0 Å². The lowest BCUT2D eigenvalue weighted by Gasteiger charge is -2.12. The largest absolute Gasteiger partial charge is 0.480 e. The Kier molecular flexibility index (Phi) is 4.21. The van der Waals surface area contributed by atoms with E-state index in [1.807, 2.05) is 0 Å². The van der Waals surface area contributed by atoms with E-state index in [2.05, 4.69) is 15.5 Å². The first-order valence-electron chi connectivity index (χ1n) is 4.81. The molecular weight excluding hydrogens is 228 g/mol. The van der Waals surface area contributed by atoms with Crippen molar-refractivity contribution < 1.29 is 19.5 Å². The van der Waals surface area contributed by atoms with Crippen molar-refractivity contribution >= 4 is 17.8 Å². The number of aliphatic carboxylic acids is 1. The number of nitrogens with one attached hydrogen (secondary N) is 2. The molecule has 0 aromatic carbocycles. The average molecular weight is 240 g/mol. The third-order valence-electron chi connectivity index (χ3n) is 2.04. The summed E-state index contributed by atoms with van der Waals surface area (Å²) >= 11 is 0. The van der Waals surface area contributed by atoms with Crippen molar-refractivity contribution in [1.82, 2.24) is 15.5 Å². The minimum absolute atomic E-state index is 0.0474. The van der Waals surface area contributed by atoms with Gasteiger partial charge in [-0.3, -0.25) is 14.7 Å². The Morgan fingerprint density at radius 2 is 2.24 bits per heavy atom. The number of rotatable bonds is 6. The molecule has 0 aliphatic carbocycles. The first-order valence-corrected chi connectivity index (χ1v) is 4.81. The summed E-state index contributed by atoms with van der Waals surface area (Å²) in [5.74, 6) is -2.41. The summed E-state index contributed by atoms with van der Waals surface area (Å²) in [6, 6.07) is -1.15. The van der Waals surface area contributed by atoms with Crippen LogP contribution in [0.4, 0.5) is 0 Å². The first kappa shape index (κ1) is 12.7.